The molecule has 1 aliphatic heterocycles. The zero-order chi connectivity index (χ0) is 10.9. The summed E-state index contributed by atoms with van der Waals surface area (Å²) >= 11 is 0. The number of hydrogen-bond acceptors (Lipinski definition) is 3. The third-order valence-electron chi connectivity index (χ3n) is 2.61. The molecule has 1 fully saturated rings. The van der Waals surface area contributed by atoms with Gasteiger partial charge in [0.25, 0.3) is 0 Å². The van der Waals surface area contributed by atoms with Crippen LogP contribution >= 0.6 is 0 Å². The number of aliphatic hydroxyl groups is 1. The Hall–Kier alpha value is -0.770. The van der Waals surface area contributed by atoms with Gasteiger partial charge in [-0.1, -0.05) is 27.7 Å². The smallest absolute Gasteiger partial charge is 0.407 e. The molecule has 4 heteroatoms. The van der Waals surface area contributed by atoms with Gasteiger partial charge in [0, 0.05) is 0 Å². The molecule has 0 aromatic heterocycles. The molecule has 0 saturated carbocycles. The highest BCUT2D eigenvalue weighted by atomic mass is 16.6. The Morgan fingerprint density at radius 3 is 2.29 bits per heavy atom. The second-order valence-corrected chi connectivity index (χ2v) is 4.52. The van der Waals surface area contributed by atoms with Gasteiger partial charge in [-0.3, -0.25) is 0 Å². The Kier molecular flexibility index (Phi) is 3.37. The monoisotopic (exact) mass is 201 g/mol. The summed E-state index contributed by atoms with van der Waals surface area (Å²) in [6, 6.07) is -0.205. The number of alkyl carbamates (subject to hydrolysis) is 1. The van der Waals surface area contributed by atoms with Gasteiger partial charge < -0.3 is 15.2 Å². The number of ether oxygens (including phenoxy) is 1. The van der Waals surface area contributed by atoms with Gasteiger partial charge in [0.1, 0.15) is 12.2 Å². The molecule has 0 bridgehead atoms. The van der Waals surface area contributed by atoms with Crippen molar-refractivity contribution in [1.82, 2.24) is 5.32 Å². The van der Waals surface area contributed by atoms with Crippen LogP contribution in [-0.2, 0) is 4.74 Å². The first-order valence-electron chi connectivity index (χ1n) is 5.08. The van der Waals surface area contributed by atoms with E-state index < -0.39 is 18.3 Å². The predicted octanol–water partition coefficient (Wildman–Crippen LogP) is 1.14. The van der Waals surface area contributed by atoms with Gasteiger partial charge in [0.05, 0.1) is 6.04 Å². The number of nitrogens with one attached hydrogen (secondary N) is 1. The van der Waals surface area contributed by atoms with E-state index in [2.05, 4.69) is 5.32 Å². The first-order valence-corrected chi connectivity index (χ1v) is 5.08. The zero-order valence-corrected chi connectivity index (χ0v) is 9.15. The molecule has 1 aliphatic rings. The summed E-state index contributed by atoms with van der Waals surface area (Å²) in [5, 5.41) is 12.6. The van der Waals surface area contributed by atoms with Crippen LogP contribution in [0.2, 0.25) is 0 Å². The van der Waals surface area contributed by atoms with Crippen LogP contribution in [0, 0.1) is 11.8 Å². The van der Waals surface area contributed by atoms with Crippen LogP contribution in [0.5, 0.6) is 0 Å². The van der Waals surface area contributed by atoms with Gasteiger partial charge in [-0.25, -0.2) is 4.79 Å². The van der Waals surface area contributed by atoms with E-state index in [1.807, 2.05) is 27.7 Å². The van der Waals surface area contributed by atoms with Crippen molar-refractivity contribution in [2.24, 2.45) is 11.8 Å². The normalized spacial score (nSPS) is 33.1. The fourth-order valence-electron chi connectivity index (χ4n) is 1.74. The second kappa shape index (κ2) is 4.17. The summed E-state index contributed by atoms with van der Waals surface area (Å²) in [6.45, 7) is 7.81. The van der Waals surface area contributed by atoms with Crippen LogP contribution in [0.1, 0.15) is 27.7 Å². The fourth-order valence-corrected chi connectivity index (χ4v) is 1.74. The van der Waals surface area contributed by atoms with Crippen molar-refractivity contribution < 1.29 is 14.6 Å². The summed E-state index contributed by atoms with van der Waals surface area (Å²) < 4.78 is 5.04. The van der Waals surface area contributed by atoms with Crippen LogP contribution in [0.3, 0.4) is 0 Å². The maximum atomic E-state index is 11.2. The van der Waals surface area contributed by atoms with Crippen molar-refractivity contribution in [2.45, 2.75) is 45.9 Å². The van der Waals surface area contributed by atoms with Crippen LogP contribution in [0.25, 0.3) is 0 Å². The number of cyclic esters (lactones) is 1. The Balaban J connectivity index is 2.75. The highest BCUT2D eigenvalue weighted by molar-refractivity contribution is 5.69. The molecule has 14 heavy (non-hydrogen) atoms. The molecule has 1 saturated heterocycles. The lowest BCUT2D eigenvalue weighted by molar-refractivity contribution is -0.0708. The van der Waals surface area contributed by atoms with Crippen molar-refractivity contribution >= 4 is 6.09 Å². The number of carbonyl (C=O) groups excluding carboxylic acids is 1. The Morgan fingerprint density at radius 1 is 1.29 bits per heavy atom. The molecule has 3 atom stereocenters. The first-order chi connectivity index (χ1) is 6.43. The van der Waals surface area contributed by atoms with E-state index in [1.165, 1.54) is 0 Å². The molecule has 82 valence electrons. The number of rotatable bonds is 2. The molecule has 4 nitrogen and oxygen atoms in total. The second-order valence-electron chi connectivity index (χ2n) is 4.52. The van der Waals surface area contributed by atoms with Crippen molar-refractivity contribution in [2.75, 3.05) is 0 Å². The van der Waals surface area contributed by atoms with Crippen LogP contribution < -0.4 is 5.32 Å². The standard InChI is InChI=1S/C10H19NO3/c1-5(2)7-8(12)9(6(3)4)14-10(13)11-7/h5-9,12H,1-4H3,(H,11,13). The van der Waals surface area contributed by atoms with Crippen molar-refractivity contribution in [3.63, 3.8) is 0 Å². The van der Waals surface area contributed by atoms with Crippen molar-refractivity contribution in [1.29, 1.82) is 0 Å². The topological polar surface area (TPSA) is 58.6 Å². The minimum atomic E-state index is -0.618. The van der Waals surface area contributed by atoms with Gasteiger partial charge in [-0.15, -0.1) is 0 Å². The minimum Gasteiger partial charge on any atom is -0.443 e. The number of carbonyl (C=O) groups is 1. The van der Waals surface area contributed by atoms with Gasteiger partial charge in [-0.05, 0) is 11.8 Å². The minimum absolute atomic E-state index is 0.136. The predicted molar refractivity (Wildman–Crippen MR) is 52.9 cm³/mol. The van der Waals surface area contributed by atoms with Crippen molar-refractivity contribution in [3.05, 3.63) is 0 Å². The summed E-state index contributed by atoms with van der Waals surface area (Å²) in [5.74, 6) is 0.344. The van der Waals surface area contributed by atoms with E-state index in [0.29, 0.717) is 0 Å². The van der Waals surface area contributed by atoms with E-state index in [9.17, 15) is 9.90 Å². The lowest BCUT2D eigenvalue weighted by atomic mass is 9.89. The number of hydrogen-bond donors (Lipinski definition) is 2. The molecular weight excluding hydrogens is 182 g/mol. The van der Waals surface area contributed by atoms with Gasteiger partial charge in [-0.2, -0.15) is 0 Å². The quantitative estimate of drug-likeness (QED) is 0.704. The third kappa shape index (κ3) is 2.18. The van der Waals surface area contributed by atoms with E-state index in [-0.39, 0.29) is 17.9 Å². The molecule has 0 aliphatic carbocycles. The highest BCUT2D eigenvalue weighted by Gasteiger charge is 2.39. The van der Waals surface area contributed by atoms with E-state index in [0.717, 1.165) is 0 Å². The van der Waals surface area contributed by atoms with Gasteiger partial charge >= 0.3 is 6.09 Å². The third-order valence-corrected chi connectivity index (χ3v) is 2.61. The lowest BCUT2D eigenvalue weighted by Crippen LogP contribution is -2.59. The maximum Gasteiger partial charge on any atom is 0.407 e. The van der Waals surface area contributed by atoms with Crippen LogP contribution in [0.4, 0.5) is 4.79 Å². The molecule has 0 aromatic carbocycles. The molecule has 2 N–H and O–H groups in total. The van der Waals surface area contributed by atoms with E-state index in [1.54, 1.807) is 0 Å². The van der Waals surface area contributed by atoms with E-state index >= 15 is 0 Å². The average molecular weight is 201 g/mol. The number of aliphatic hydroxyl groups excluding tert-OH is 1. The SMILES string of the molecule is CC(C)C1NC(=O)OC(C(C)C)C1O. The van der Waals surface area contributed by atoms with Gasteiger partial charge in [0.15, 0.2) is 0 Å². The average Bonchev–Trinajstić information content (AvgIpc) is 2.07. The molecule has 0 spiro atoms. The Bertz CT molecular complexity index is 195. The lowest BCUT2D eigenvalue weighted by Gasteiger charge is -2.38. The van der Waals surface area contributed by atoms with Crippen molar-refractivity contribution in [3.8, 4) is 0 Å². The Morgan fingerprint density at radius 2 is 1.86 bits per heavy atom. The molecule has 1 amide bonds. The van der Waals surface area contributed by atoms with E-state index in [4.69, 9.17) is 4.74 Å². The maximum absolute atomic E-state index is 11.2. The fraction of sp³-hybridized carbons (Fsp3) is 0.900. The molecule has 1 heterocycles. The summed E-state index contributed by atoms with van der Waals surface area (Å²) in [7, 11) is 0. The highest BCUT2D eigenvalue weighted by Crippen LogP contribution is 2.22. The molecular formula is C10H19NO3. The summed E-state index contributed by atoms with van der Waals surface area (Å²) in [4.78, 5) is 11.2. The molecule has 3 unspecified atom stereocenters. The zero-order valence-electron chi connectivity index (χ0n) is 9.15. The number of amides is 1. The van der Waals surface area contributed by atoms with Crippen LogP contribution in [0.15, 0.2) is 0 Å². The molecule has 0 radical (unpaired) electrons. The largest absolute Gasteiger partial charge is 0.443 e. The molecule has 1 rings (SSSR count). The van der Waals surface area contributed by atoms with Crippen LogP contribution in [-0.4, -0.2) is 29.4 Å². The summed E-state index contributed by atoms with van der Waals surface area (Å²) in [6.07, 6.45) is -1.43. The Labute approximate surface area is 84.6 Å². The first kappa shape index (κ1) is 11.3. The van der Waals surface area contributed by atoms with Gasteiger partial charge in [0.2, 0.25) is 0 Å². The molecule has 0 aromatic rings. The summed E-state index contributed by atoms with van der Waals surface area (Å²) in [5.41, 5.74) is 0.